The third-order valence-electron chi connectivity index (χ3n) is 2.58. The third kappa shape index (κ3) is 2.11. The second-order valence-electron chi connectivity index (χ2n) is 3.95. The zero-order valence-corrected chi connectivity index (χ0v) is 10.1. The number of hydrogen-bond donors (Lipinski definition) is 5. The molecule has 0 radical (unpaired) electrons. The van der Waals surface area contributed by atoms with Crippen molar-refractivity contribution in [1.82, 2.24) is 0 Å². The predicted octanol–water partition coefficient (Wildman–Crippen LogP) is -0.485. The van der Waals surface area contributed by atoms with Crippen LogP contribution in [0.3, 0.4) is 0 Å². The fourth-order valence-electron chi connectivity index (χ4n) is 1.78. The molecule has 92 valence electrons. The summed E-state index contributed by atoms with van der Waals surface area (Å²) in [6.45, 7) is 2.27. The molecule has 1 aromatic carbocycles. The summed E-state index contributed by atoms with van der Waals surface area (Å²) in [6.07, 6.45) is 0. The maximum atomic E-state index is 9.91. The van der Waals surface area contributed by atoms with Gasteiger partial charge in [-0.25, -0.2) is 0 Å². The van der Waals surface area contributed by atoms with Gasteiger partial charge in [-0.15, -0.1) is 0 Å². The Morgan fingerprint density at radius 1 is 1.12 bits per heavy atom. The molecule has 0 aliphatic heterocycles. The number of aryl methyl sites for hydroxylation is 2. The Balaban J connectivity index is 3.47. The van der Waals surface area contributed by atoms with Gasteiger partial charge in [-0.2, -0.15) is 0 Å². The van der Waals surface area contributed by atoms with Gasteiger partial charge in [0.05, 0.1) is 0 Å². The topological polar surface area (TPSA) is 101 Å². The zero-order valence-electron chi connectivity index (χ0n) is 9.20. The summed E-state index contributed by atoms with van der Waals surface area (Å²) in [7, 11) is -5.45. The van der Waals surface area contributed by atoms with E-state index < -0.39 is 19.7 Å². The van der Waals surface area contributed by atoms with Crippen LogP contribution in [0.4, 0.5) is 0 Å². The van der Waals surface area contributed by atoms with Crippen LogP contribution in [0.25, 0.3) is 0 Å². The molecule has 0 aromatic heterocycles. The van der Waals surface area contributed by atoms with Crippen LogP contribution in [0.5, 0.6) is 0 Å². The number of aliphatic hydroxyl groups excluding tert-OH is 2. The summed E-state index contributed by atoms with van der Waals surface area (Å²) in [5, 5.41) is 18.1. The first-order valence-corrected chi connectivity index (χ1v) is 6.97. The summed E-state index contributed by atoms with van der Waals surface area (Å²) in [4.78, 5) is 29.7. The molecule has 1 rings (SSSR count). The molecule has 0 amide bonds. The van der Waals surface area contributed by atoms with Crippen LogP contribution in [0, 0.1) is 13.8 Å². The van der Waals surface area contributed by atoms with Crippen LogP contribution in [0.15, 0.2) is 18.2 Å². The average Bonchev–Trinajstić information content (AvgIpc) is 2.14. The van der Waals surface area contributed by atoms with E-state index in [1.165, 1.54) is 0 Å². The molecule has 6 heteroatoms. The first-order valence-electron chi connectivity index (χ1n) is 4.81. The standard InChI is InChI=1S/C10H17O5P/c1-7-4-3-5-8(2)10(7)16(13,14,15)9(12)6-11/h3-5,9,11-15H,6H2,1-2H3. The Morgan fingerprint density at radius 2 is 1.56 bits per heavy atom. The summed E-state index contributed by atoms with van der Waals surface area (Å²) >= 11 is 0. The van der Waals surface area contributed by atoms with Gasteiger partial charge < -0.3 is 0 Å². The summed E-state index contributed by atoms with van der Waals surface area (Å²) in [5.74, 6) is -1.98. The molecule has 16 heavy (non-hydrogen) atoms. The van der Waals surface area contributed by atoms with Crippen molar-refractivity contribution in [3.05, 3.63) is 29.3 Å². The second-order valence-corrected chi connectivity index (χ2v) is 7.08. The zero-order chi connectivity index (χ0) is 12.6. The summed E-state index contributed by atoms with van der Waals surface area (Å²) in [5.41, 5.74) is 0.912. The van der Waals surface area contributed by atoms with Gasteiger partial charge in [-0.3, -0.25) is 0 Å². The van der Waals surface area contributed by atoms with Crippen LogP contribution >= 0.6 is 7.28 Å². The van der Waals surface area contributed by atoms with Crippen molar-refractivity contribution < 1.29 is 24.9 Å². The quantitative estimate of drug-likeness (QED) is 0.465. The van der Waals surface area contributed by atoms with E-state index in [1.54, 1.807) is 32.0 Å². The van der Waals surface area contributed by atoms with Crippen LogP contribution in [0.1, 0.15) is 11.1 Å². The molecule has 0 aliphatic carbocycles. The molecule has 1 aromatic rings. The van der Waals surface area contributed by atoms with E-state index in [4.69, 9.17) is 5.11 Å². The fraction of sp³-hybridized carbons (Fsp3) is 0.400. The van der Waals surface area contributed by atoms with E-state index in [2.05, 4.69) is 0 Å². The van der Waals surface area contributed by atoms with E-state index in [0.717, 1.165) is 0 Å². The number of hydrogen-bond acceptors (Lipinski definition) is 5. The Morgan fingerprint density at radius 3 is 1.94 bits per heavy atom. The van der Waals surface area contributed by atoms with E-state index in [0.29, 0.717) is 11.1 Å². The molecule has 0 saturated carbocycles. The molecule has 0 aliphatic rings. The van der Waals surface area contributed by atoms with Gasteiger partial charge in [0.25, 0.3) is 0 Å². The molecule has 1 unspecified atom stereocenters. The van der Waals surface area contributed by atoms with Crippen molar-refractivity contribution in [2.24, 2.45) is 0 Å². The molecule has 0 saturated heterocycles. The normalized spacial score (nSPS) is 16.6. The first kappa shape index (κ1) is 13.5. The molecule has 5 nitrogen and oxygen atoms in total. The van der Waals surface area contributed by atoms with Crippen molar-refractivity contribution in [3.63, 3.8) is 0 Å². The molecule has 5 N–H and O–H groups in total. The fourth-order valence-corrected chi connectivity index (χ4v) is 3.88. The van der Waals surface area contributed by atoms with Crippen LogP contribution in [-0.2, 0) is 0 Å². The molecule has 0 spiro atoms. The minimum absolute atomic E-state index is 0.0879. The second kappa shape index (κ2) is 4.04. The molecular weight excluding hydrogens is 231 g/mol. The van der Waals surface area contributed by atoms with Crippen molar-refractivity contribution >= 4 is 12.6 Å². The summed E-state index contributed by atoms with van der Waals surface area (Å²) < 4.78 is 0. The molecular formula is C10H17O5P. The summed E-state index contributed by atoms with van der Waals surface area (Å²) in [6, 6.07) is 4.89. The van der Waals surface area contributed by atoms with E-state index in [1.807, 2.05) is 0 Å². The minimum atomic E-state index is -5.45. The van der Waals surface area contributed by atoms with Crippen LogP contribution < -0.4 is 5.30 Å². The van der Waals surface area contributed by atoms with Gasteiger partial charge in [0.2, 0.25) is 0 Å². The van der Waals surface area contributed by atoms with Crippen molar-refractivity contribution in [2.45, 2.75) is 19.7 Å². The van der Waals surface area contributed by atoms with Crippen molar-refractivity contribution in [2.75, 3.05) is 6.61 Å². The van der Waals surface area contributed by atoms with Crippen molar-refractivity contribution in [3.8, 4) is 0 Å². The predicted molar refractivity (Wildman–Crippen MR) is 62.2 cm³/mol. The van der Waals surface area contributed by atoms with Gasteiger partial charge in [-0.05, 0) is 0 Å². The SMILES string of the molecule is Cc1cccc(C)c1P(O)(O)(O)C(O)CO. The average molecular weight is 248 g/mol. The van der Waals surface area contributed by atoms with Gasteiger partial charge in [0, 0.05) is 0 Å². The Hall–Kier alpha value is -0.550. The van der Waals surface area contributed by atoms with Crippen LogP contribution in [-0.4, -0.2) is 37.3 Å². The maximum absolute atomic E-state index is 9.91. The third-order valence-corrected chi connectivity index (χ3v) is 5.41. The molecule has 1 atom stereocenters. The number of aliphatic hydroxyl groups is 2. The van der Waals surface area contributed by atoms with Gasteiger partial charge >= 0.3 is 93.1 Å². The van der Waals surface area contributed by atoms with Gasteiger partial charge in [0.15, 0.2) is 0 Å². The van der Waals surface area contributed by atoms with E-state index in [9.17, 15) is 19.8 Å². The Labute approximate surface area is 93.8 Å². The molecule has 0 heterocycles. The molecule has 0 bridgehead atoms. The monoisotopic (exact) mass is 248 g/mol. The van der Waals surface area contributed by atoms with Crippen LogP contribution in [0.2, 0.25) is 0 Å². The van der Waals surface area contributed by atoms with E-state index in [-0.39, 0.29) is 5.30 Å². The number of benzene rings is 1. The van der Waals surface area contributed by atoms with Gasteiger partial charge in [0.1, 0.15) is 0 Å². The van der Waals surface area contributed by atoms with Gasteiger partial charge in [-0.1, -0.05) is 0 Å². The van der Waals surface area contributed by atoms with Crippen molar-refractivity contribution in [1.29, 1.82) is 0 Å². The number of rotatable bonds is 3. The van der Waals surface area contributed by atoms with E-state index >= 15 is 0 Å². The first-order chi connectivity index (χ1) is 7.19. The molecule has 0 fully saturated rings. The Kier molecular flexibility index (Phi) is 3.41. The Bertz CT molecular complexity index is 376.